The molecule has 1 aliphatic heterocycles. The average Bonchev–Trinajstić information content (AvgIpc) is 3.03. The molecule has 2 aromatic heterocycles. The predicted molar refractivity (Wildman–Crippen MR) is 92.2 cm³/mol. The van der Waals surface area contributed by atoms with Crippen LogP contribution in [-0.4, -0.2) is 39.3 Å². The van der Waals surface area contributed by atoms with E-state index in [1.54, 1.807) is 0 Å². The first-order valence-corrected chi connectivity index (χ1v) is 7.75. The Morgan fingerprint density at radius 3 is 2.77 bits per heavy atom. The van der Waals surface area contributed by atoms with Crippen LogP contribution in [0, 0.1) is 5.41 Å². The van der Waals surface area contributed by atoms with Crippen LogP contribution >= 0.6 is 12.4 Å². The zero-order chi connectivity index (χ0) is 15.0. The lowest BCUT2D eigenvalue weighted by atomic mass is 9.90. The highest BCUT2D eigenvalue weighted by atomic mass is 35.5. The number of likely N-dealkylation sites (tertiary alicyclic amines) is 1. The summed E-state index contributed by atoms with van der Waals surface area (Å²) in [6.45, 7) is 10.4. The molecule has 2 N–H and O–H groups in total. The number of hydrogen-bond donors (Lipinski definition) is 1. The molecule has 1 saturated heterocycles. The second-order valence-corrected chi connectivity index (χ2v) is 6.91. The van der Waals surface area contributed by atoms with Crippen LogP contribution in [-0.2, 0) is 6.54 Å². The van der Waals surface area contributed by atoms with Crippen molar-refractivity contribution in [3.63, 3.8) is 0 Å². The Balaban J connectivity index is 0.00000176. The summed E-state index contributed by atoms with van der Waals surface area (Å²) < 4.78 is 1.97. The summed E-state index contributed by atoms with van der Waals surface area (Å²) in [4.78, 5) is 7.08. The Morgan fingerprint density at radius 2 is 2.14 bits per heavy atom. The van der Waals surface area contributed by atoms with Crippen molar-refractivity contribution in [2.75, 3.05) is 19.6 Å². The Morgan fingerprint density at radius 1 is 1.36 bits per heavy atom. The number of nitrogens with two attached hydrogens (primary N) is 1. The van der Waals surface area contributed by atoms with Crippen molar-refractivity contribution in [1.29, 1.82) is 0 Å². The minimum absolute atomic E-state index is 0. The number of nitrogens with zero attached hydrogens (tertiary/aromatic N) is 4. The van der Waals surface area contributed by atoms with Gasteiger partial charge >= 0.3 is 0 Å². The molecule has 2 aromatic rings. The van der Waals surface area contributed by atoms with E-state index in [-0.39, 0.29) is 17.8 Å². The van der Waals surface area contributed by atoms with Crippen molar-refractivity contribution < 1.29 is 0 Å². The van der Waals surface area contributed by atoms with Gasteiger partial charge in [0.2, 0.25) is 0 Å². The summed E-state index contributed by atoms with van der Waals surface area (Å²) in [5, 5.41) is 5.55. The molecule has 0 bridgehead atoms. The van der Waals surface area contributed by atoms with Crippen molar-refractivity contribution in [2.24, 2.45) is 11.1 Å². The van der Waals surface area contributed by atoms with Gasteiger partial charge in [-0.1, -0.05) is 6.92 Å². The number of fused-ring (bicyclic) bond motifs is 1. The van der Waals surface area contributed by atoms with Crippen LogP contribution in [0.4, 0.5) is 0 Å². The fraction of sp³-hybridized carbons (Fsp3) is 0.625. The first-order chi connectivity index (χ1) is 10.0. The monoisotopic (exact) mass is 323 g/mol. The number of halogens is 1. The first kappa shape index (κ1) is 17.2. The van der Waals surface area contributed by atoms with Gasteiger partial charge < -0.3 is 5.73 Å². The van der Waals surface area contributed by atoms with Gasteiger partial charge in [0.25, 0.3) is 0 Å². The summed E-state index contributed by atoms with van der Waals surface area (Å²) in [6.07, 6.45) is 5.09. The maximum atomic E-state index is 5.88. The van der Waals surface area contributed by atoms with Gasteiger partial charge in [-0.2, -0.15) is 5.10 Å². The van der Waals surface area contributed by atoms with E-state index in [2.05, 4.69) is 41.8 Å². The van der Waals surface area contributed by atoms with Crippen LogP contribution in [0.25, 0.3) is 11.0 Å². The van der Waals surface area contributed by atoms with Crippen molar-refractivity contribution in [3.05, 3.63) is 24.0 Å². The molecule has 1 fully saturated rings. The van der Waals surface area contributed by atoms with Gasteiger partial charge in [-0.05, 0) is 50.4 Å². The normalized spacial score (nSPS) is 22.4. The first-order valence-electron chi connectivity index (χ1n) is 7.75. The molecule has 22 heavy (non-hydrogen) atoms. The van der Waals surface area contributed by atoms with Gasteiger partial charge in [0, 0.05) is 30.7 Å². The minimum atomic E-state index is 0. The molecule has 0 radical (unpaired) electrons. The lowest BCUT2D eigenvalue weighted by molar-refractivity contribution is 0.274. The molecule has 3 rings (SSSR count). The number of pyridine rings is 1. The van der Waals surface area contributed by atoms with Crippen LogP contribution in [0.15, 0.2) is 18.5 Å². The van der Waals surface area contributed by atoms with Gasteiger partial charge in [-0.25, -0.2) is 9.67 Å². The standard InChI is InChI=1S/C16H25N5.ClH/c1-12(2)21-15-14(8-19-21)6-13(7-18-15)9-20-5-4-16(3,10-17)11-20;/h6-8,12H,4-5,9-11,17H2,1-3H3;1H. The highest BCUT2D eigenvalue weighted by molar-refractivity contribution is 5.85. The maximum Gasteiger partial charge on any atom is 0.157 e. The summed E-state index contributed by atoms with van der Waals surface area (Å²) in [6, 6.07) is 2.55. The molecule has 5 nitrogen and oxygen atoms in total. The van der Waals surface area contributed by atoms with Crippen LogP contribution < -0.4 is 5.73 Å². The number of hydrogen-bond acceptors (Lipinski definition) is 4. The predicted octanol–water partition coefficient (Wildman–Crippen LogP) is 2.60. The molecule has 0 amide bonds. The highest BCUT2D eigenvalue weighted by Crippen LogP contribution is 2.29. The third-order valence-electron chi connectivity index (χ3n) is 4.52. The van der Waals surface area contributed by atoms with Crippen LogP contribution in [0.2, 0.25) is 0 Å². The lowest BCUT2D eigenvalue weighted by Crippen LogP contribution is -2.31. The Kier molecular flexibility index (Phi) is 5.10. The van der Waals surface area contributed by atoms with Gasteiger partial charge in [0.05, 0.1) is 6.20 Å². The van der Waals surface area contributed by atoms with Crippen molar-refractivity contribution >= 4 is 23.4 Å². The molecule has 1 atom stereocenters. The largest absolute Gasteiger partial charge is 0.330 e. The molecule has 1 aliphatic rings. The fourth-order valence-electron chi connectivity index (χ4n) is 3.14. The second-order valence-electron chi connectivity index (χ2n) is 6.91. The van der Waals surface area contributed by atoms with Gasteiger partial charge in [0.1, 0.15) is 0 Å². The molecular formula is C16H26ClN5. The Hall–Kier alpha value is -1.17. The lowest BCUT2D eigenvalue weighted by Gasteiger charge is -2.22. The second kappa shape index (κ2) is 6.52. The van der Waals surface area contributed by atoms with E-state index >= 15 is 0 Å². The van der Waals surface area contributed by atoms with Crippen molar-refractivity contribution in [3.8, 4) is 0 Å². The van der Waals surface area contributed by atoms with E-state index < -0.39 is 0 Å². The van der Waals surface area contributed by atoms with Crippen LogP contribution in [0.1, 0.15) is 38.8 Å². The molecule has 0 saturated carbocycles. The summed E-state index contributed by atoms with van der Waals surface area (Å²) in [7, 11) is 0. The molecule has 0 aliphatic carbocycles. The molecule has 0 aromatic carbocycles. The zero-order valence-electron chi connectivity index (χ0n) is 13.6. The molecular weight excluding hydrogens is 298 g/mol. The third kappa shape index (κ3) is 3.26. The number of aromatic nitrogens is 3. The van der Waals surface area contributed by atoms with E-state index in [9.17, 15) is 0 Å². The zero-order valence-corrected chi connectivity index (χ0v) is 14.4. The van der Waals surface area contributed by atoms with Crippen LogP contribution in [0.3, 0.4) is 0 Å². The average molecular weight is 324 g/mol. The van der Waals surface area contributed by atoms with Crippen molar-refractivity contribution in [1.82, 2.24) is 19.7 Å². The molecule has 0 spiro atoms. The molecule has 1 unspecified atom stereocenters. The Labute approximate surface area is 138 Å². The molecule has 122 valence electrons. The summed E-state index contributed by atoms with van der Waals surface area (Å²) in [5.74, 6) is 0. The van der Waals surface area contributed by atoms with E-state index in [4.69, 9.17) is 5.73 Å². The molecule has 6 heteroatoms. The maximum absolute atomic E-state index is 5.88. The highest BCUT2D eigenvalue weighted by Gasteiger charge is 2.32. The Bertz CT molecular complexity index is 638. The smallest absolute Gasteiger partial charge is 0.157 e. The fourth-order valence-corrected chi connectivity index (χ4v) is 3.14. The van der Waals surface area contributed by atoms with E-state index in [1.165, 1.54) is 12.0 Å². The van der Waals surface area contributed by atoms with Gasteiger partial charge in [0.15, 0.2) is 5.65 Å². The molecule has 3 heterocycles. The van der Waals surface area contributed by atoms with E-state index in [0.717, 1.165) is 37.2 Å². The SMILES string of the molecule is CC(C)n1ncc2cc(CN3CCC(C)(CN)C3)cnc21.Cl. The minimum Gasteiger partial charge on any atom is -0.330 e. The third-order valence-corrected chi connectivity index (χ3v) is 4.52. The van der Waals surface area contributed by atoms with Crippen LogP contribution in [0.5, 0.6) is 0 Å². The quantitative estimate of drug-likeness (QED) is 0.939. The van der Waals surface area contributed by atoms with Gasteiger partial charge in [-0.15, -0.1) is 12.4 Å². The van der Waals surface area contributed by atoms with E-state index in [1.807, 2.05) is 17.1 Å². The van der Waals surface area contributed by atoms with Gasteiger partial charge in [-0.3, -0.25) is 4.90 Å². The van der Waals surface area contributed by atoms with E-state index in [0.29, 0.717) is 6.04 Å². The van der Waals surface area contributed by atoms with Crippen molar-refractivity contribution in [2.45, 2.75) is 39.8 Å². The topological polar surface area (TPSA) is 60.0 Å². The summed E-state index contributed by atoms with van der Waals surface area (Å²) in [5.41, 5.74) is 8.39. The number of rotatable bonds is 4. The summed E-state index contributed by atoms with van der Waals surface area (Å²) >= 11 is 0.